The third kappa shape index (κ3) is 3.55. The number of hydrogen-bond donors (Lipinski definition) is 2. The normalized spacial score (nSPS) is 23.8. The van der Waals surface area contributed by atoms with Crippen LogP contribution >= 0.6 is 12.4 Å². The van der Waals surface area contributed by atoms with Crippen LogP contribution in [0, 0.1) is 11.8 Å². The van der Waals surface area contributed by atoms with E-state index in [2.05, 4.69) is 10.6 Å². The van der Waals surface area contributed by atoms with Crippen LogP contribution in [0.3, 0.4) is 0 Å². The van der Waals surface area contributed by atoms with Crippen molar-refractivity contribution in [2.24, 2.45) is 11.8 Å². The molecule has 1 saturated carbocycles. The second-order valence-electron chi connectivity index (χ2n) is 6.28. The molecule has 126 valence electrons. The van der Waals surface area contributed by atoms with Gasteiger partial charge in [0.15, 0.2) is 0 Å². The number of halogens is 1. The van der Waals surface area contributed by atoms with Crippen molar-refractivity contribution in [2.75, 3.05) is 13.1 Å². The number of amides is 1. The largest absolute Gasteiger partial charge is 0.489 e. The molecular formula is C19H21ClN2O2. The Bertz CT molecular complexity index is 680. The van der Waals surface area contributed by atoms with Crippen LogP contribution in [0.15, 0.2) is 54.6 Å². The number of carbonyl (C=O) groups is 1. The molecule has 2 unspecified atom stereocenters. The van der Waals surface area contributed by atoms with Gasteiger partial charge in [0.2, 0.25) is 0 Å². The van der Waals surface area contributed by atoms with Crippen molar-refractivity contribution in [3.8, 4) is 5.75 Å². The number of ether oxygens (including phenoxy) is 1. The van der Waals surface area contributed by atoms with Crippen molar-refractivity contribution in [3.05, 3.63) is 65.7 Å². The number of benzene rings is 2. The summed E-state index contributed by atoms with van der Waals surface area (Å²) >= 11 is 0. The number of fused-ring (bicyclic) bond motifs is 1. The van der Waals surface area contributed by atoms with Gasteiger partial charge in [0, 0.05) is 24.7 Å². The summed E-state index contributed by atoms with van der Waals surface area (Å²) in [7, 11) is 0. The number of rotatable bonds is 5. The van der Waals surface area contributed by atoms with Gasteiger partial charge in [0.25, 0.3) is 5.91 Å². The Morgan fingerprint density at radius 2 is 1.71 bits per heavy atom. The molecule has 1 aliphatic heterocycles. The van der Waals surface area contributed by atoms with Gasteiger partial charge < -0.3 is 15.4 Å². The molecule has 2 aromatic carbocycles. The molecule has 0 bridgehead atoms. The summed E-state index contributed by atoms with van der Waals surface area (Å²) in [5, 5.41) is 6.46. The van der Waals surface area contributed by atoms with Crippen LogP contribution in [-0.2, 0) is 6.61 Å². The van der Waals surface area contributed by atoms with Crippen LogP contribution in [0.25, 0.3) is 0 Å². The van der Waals surface area contributed by atoms with Crippen molar-refractivity contribution in [1.82, 2.24) is 10.6 Å². The van der Waals surface area contributed by atoms with Crippen LogP contribution in [0.2, 0.25) is 0 Å². The van der Waals surface area contributed by atoms with E-state index < -0.39 is 0 Å². The van der Waals surface area contributed by atoms with Gasteiger partial charge in [0.1, 0.15) is 12.4 Å². The predicted molar refractivity (Wildman–Crippen MR) is 95.6 cm³/mol. The molecule has 0 radical (unpaired) electrons. The Hall–Kier alpha value is -2.04. The van der Waals surface area contributed by atoms with E-state index in [0.717, 1.165) is 24.4 Å². The van der Waals surface area contributed by atoms with E-state index >= 15 is 0 Å². The fourth-order valence-electron chi connectivity index (χ4n) is 3.31. The molecule has 0 spiro atoms. The number of nitrogens with one attached hydrogen (secondary N) is 2. The maximum absolute atomic E-state index is 12.2. The second kappa shape index (κ2) is 7.24. The quantitative estimate of drug-likeness (QED) is 0.876. The molecule has 2 atom stereocenters. The Labute approximate surface area is 148 Å². The van der Waals surface area contributed by atoms with Crippen LogP contribution in [-0.4, -0.2) is 25.0 Å². The maximum atomic E-state index is 12.2. The first kappa shape index (κ1) is 16.8. The van der Waals surface area contributed by atoms with Crippen LogP contribution in [0.4, 0.5) is 0 Å². The van der Waals surface area contributed by atoms with Gasteiger partial charge >= 0.3 is 0 Å². The molecule has 2 N–H and O–H groups in total. The van der Waals surface area contributed by atoms with Gasteiger partial charge in [-0.25, -0.2) is 0 Å². The van der Waals surface area contributed by atoms with Crippen LogP contribution in [0.5, 0.6) is 5.75 Å². The van der Waals surface area contributed by atoms with Gasteiger partial charge in [-0.2, -0.15) is 0 Å². The molecule has 1 saturated heterocycles. The van der Waals surface area contributed by atoms with E-state index in [9.17, 15) is 4.79 Å². The van der Waals surface area contributed by atoms with E-state index in [1.54, 1.807) is 0 Å². The average Bonchev–Trinajstić information content (AvgIpc) is 3.03. The van der Waals surface area contributed by atoms with E-state index in [0.29, 0.717) is 30.0 Å². The van der Waals surface area contributed by atoms with Crippen molar-refractivity contribution in [2.45, 2.75) is 12.6 Å². The second-order valence-corrected chi connectivity index (χ2v) is 6.28. The SMILES string of the molecule is Cl.O=C(NC1C2CNCC21)c1ccc(OCc2ccccc2)cc1. The van der Waals surface area contributed by atoms with Gasteiger partial charge in [-0.15, -0.1) is 12.4 Å². The van der Waals surface area contributed by atoms with Gasteiger partial charge in [-0.1, -0.05) is 30.3 Å². The molecule has 4 rings (SSSR count). The van der Waals surface area contributed by atoms with Crippen LogP contribution in [0.1, 0.15) is 15.9 Å². The van der Waals surface area contributed by atoms with E-state index in [-0.39, 0.29) is 18.3 Å². The highest BCUT2D eigenvalue weighted by atomic mass is 35.5. The molecule has 0 aromatic heterocycles. The first-order valence-corrected chi connectivity index (χ1v) is 8.09. The Morgan fingerprint density at radius 3 is 2.38 bits per heavy atom. The Morgan fingerprint density at radius 1 is 1.04 bits per heavy atom. The van der Waals surface area contributed by atoms with Gasteiger partial charge in [-0.05, 0) is 41.7 Å². The zero-order valence-corrected chi connectivity index (χ0v) is 14.1. The first-order valence-electron chi connectivity index (χ1n) is 8.09. The van der Waals surface area contributed by atoms with Crippen molar-refractivity contribution < 1.29 is 9.53 Å². The van der Waals surface area contributed by atoms with Crippen molar-refractivity contribution in [1.29, 1.82) is 0 Å². The molecule has 4 nitrogen and oxygen atoms in total. The molecule has 2 aromatic rings. The minimum atomic E-state index is 0. The van der Waals surface area contributed by atoms with Crippen LogP contribution < -0.4 is 15.4 Å². The molecule has 5 heteroatoms. The van der Waals surface area contributed by atoms with E-state index in [1.807, 2.05) is 54.6 Å². The highest BCUT2D eigenvalue weighted by molar-refractivity contribution is 5.94. The minimum absolute atomic E-state index is 0. The summed E-state index contributed by atoms with van der Waals surface area (Å²) in [5.74, 6) is 2.05. The highest BCUT2D eigenvalue weighted by Gasteiger charge is 2.53. The average molecular weight is 345 g/mol. The summed E-state index contributed by atoms with van der Waals surface area (Å²) in [6, 6.07) is 17.8. The molecule has 2 aliphatic rings. The number of piperidine rings is 1. The maximum Gasteiger partial charge on any atom is 0.251 e. The Kier molecular flexibility index (Phi) is 5.07. The lowest BCUT2D eigenvalue weighted by Crippen LogP contribution is -2.32. The smallest absolute Gasteiger partial charge is 0.251 e. The summed E-state index contributed by atoms with van der Waals surface area (Å²) in [6.07, 6.45) is 0. The molecule has 1 aliphatic carbocycles. The summed E-state index contributed by atoms with van der Waals surface area (Å²) in [4.78, 5) is 12.2. The number of carbonyl (C=O) groups excluding carboxylic acids is 1. The fourth-order valence-corrected chi connectivity index (χ4v) is 3.31. The van der Waals surface area contributed by atoms with Crippen molar-refractivity contribution >= 4 is 18.3 Å². The highest BCUT2D eigenvalue weighted by Crippen LogP contribution is 2.41. The fraction of sp³-hybridized carbons (Fsp3) is 0.316. The Balaban J connectivity index is 0.00000169. The predicted octanol–water partition coefficient (Wildman–Crippen LogP) is 2.64. The minimum Gasteiger partial charge on any atom is -0.489 e. The monoisotopic (exact) mass is 344 g/mol. The summed E-state index contributed by atoms with van der Waals surface area (Å²) < 4.78 is 5.74. The summed E-state index contributed by atoms with van der Waals surface area (Å²) in [5.41, 5.74) is 1.82. The number of hydrogen-bond acceptors (Lipinski definition) is 3. The zero-order chi connectivity index (χ0) is 15.6. The topological polar surface area (TPSA) is 50.4 Å². The standard InChI is InChI=1S/C19H20N2O2.ClH/c22-19(21-18-16-10-20-11-17(16)18)14-6-8-15(9-7-14)23-12-13-4-2-1-3-5-13;/h1-9,16-18,20H,10-12H2,(H,21,22);1H. The molecule has 1 amide bonds. The lowest BCUT2D eigenvalue weighted by atomic mass is 10.2. The lowest BCUT2D eigenvalue weighted by Gasteiger charge is -2.09. The zero-order valence-electron chi connectivity index (χ0n) is 13.3. The third-order valence-electron chi connectivity index (χ3n) is 4.75. The first-order chi connectivity index (χ1) is 11.3. The molecular weight excluding hydrogens is 324 g/mol. The third-order valence-corrected chi connectivity index (χ3v) is 4.75. The van der Waals surface area contributed by atoms with Gasteiger partial charge in [-0.3, -0.25) is 4.79 Å². The van der Waals surface area contributed by atoms with E-state index in [4.69, 9.17) is 4.74 Å². The lowest BCUT2D eigenvalue weighted by molar-refractivity contribution is 0.0946. The van der Waals surface area contributed by atoms with Crippen molar-refractivity contribution in [3.63, 3.8) is 0 Å². The molecule has 2 fully saturated rings. The van der Waals surface area contributed by atoms with Gasteiger partial charge in [0.05, 0.1) is 0 Å². The molecule has 24 heavy (non-hydrogen) atoms. The molecule has 1 heterocycles. The van der Waals surface area contributed by atoms with E-state index in [1.165, 1.54) is 0 Å². The summed E-state index contributed by atoms with van der Waals surface area (Å²) in [6.45, 7) is 2.59.